The Balaban J connectivity index is 0.00000320. The average molecular weight is 538 g/mol. The van der Waals surface area contributed by atoms with Crippen LogP contribution in [0.3, 0.4) is 0 Å². The maximum Gasteiger partial charge on any atom is 0.177 e. The van der Waals surface area contributed by atoms with Crippen molar-refractivity contribution in [3.8, 4) is 40.3 Å². The van der Waals surface area contributed by atoms with Gasteiger partial charge in [0, 0.05) is 34.1 Å². The fraction of sp³-hybridized carbons (Fsp3) is 0.250. The molecule has 37 heavy (non-hydrogen) atoms. The van der Waals surface area contributed by atoms with E-state index < -0.39 is 0 Å². The molecule has 4 aromatic rings. The topological polar surface area (TPSA) is 68.3 Å². The monoisotopic (exact) mass is 537 g/mol. The van der Waals surface area contributed by atoms with Crippen LogP contribution in [0.4, 0.5) is 0 Å². The van der Waals surface area contributed by atoms with Gasteiger partial charge in [-0.05, 0) is 55.9 Å². The van der Waals surface area contributed by atoms with Gasteiger partial charge in [-0.2, -0.15) is 0 Å². The number of rotatable bonds is 8. The molecule has 0 spiro atoms. The molecule has 0 amide bonds. The third kappa shape index (κ3) is 5.39. The van der Waals surface area contributed by atoms with Gasteiger partial charge in [0.25, 0.3) is 0 Å². The summed E-state index contributed by atoms with van der Waals surface area (Å²) >= 11 is 1.60. The van der Waals surface area contributed by atoms with E-state index in [1.54, 1.807) is 25.6 Å². The Hall–Kier alpha value is -3.64. The number of H-pyrrole nitrogens is 1. The van der Waals surface area contributed by atoms with Crippen molar-refractivity contribution < 1.29 is 19.0 Å². The number of oxime groups is 1. The van der Waals surface area contributed by atoms with E-state index in [-0.39, 0.29) is 19.0 Å². The first-order chi connectivity index (χ1) is 17.6. The fourth-order valence-corrected chi connectivity index (χ4v) is 4.76. The highest BCUT2D eigenvalue weighted by atomic mass is 35.5. The zero-order valence-electron chi connectivity index (χ0n) is 21.1. The molecule has 5 rings (SSSR count). The fourth-order valence-electron chi connectivity index (χ4n) is 4.17. The van der Waals surface area contributed by atoms with Crippen molar-refractivity contribution in [2.75, 3.05) is 48.1 Å². The van der Waals surface area contributed by atoms with Crippen LogP contribution in [-0.2, 0) is 4.84 Å². The third-order valence-corrected chi connectivity index (χ3v) is 6.67. The van der Waals surface area contributed by atoms with E-state index in [4.69, 9.17) is 19.0 Å². The summed E-state index contributed by atoms with van der Waals surface area (Å²) < 4.78 is 17.1. The maximum atomic E-state index is 6.00. The number of benzene rings is 2. The van der Waals surface area contributed by atoms with E-state index in [2.05, 4.69) is 26.9 Å². The van der Waals surface area contributed by atoms with Crippen molar-refractivity contribution in [2.24, 2.45) is 5.16 Å². The summed E-state index contributed by atoms with van der Waals surface area (Å²) in [6.45, 7) is 1.62. The first kappa shape index (κ1) is 26.4. The Labute approximate surface area is 226 Å². The number of nitrogens with one attached hydrogen (secondary N) is 1. The van der Waals surface area contributed by atoms with Gasteiger partial charge in [-0.15, -0.1) is 23.7 Å². The van der Waals surface area contributed by atoms with Gasteiger partial charge in [-0.3, -0.25) is 0 Å². The summed E-state index contributed by atoms with van der Waals surface area (Å²) in [5.41, 5.74) is 5.50. The number of halogens is 1. The quantitative estimate of drug-likeness (QED) is 0.163. The van der Waals surface area contributed by atoms with Gasteiger partial charge >= 0.3 is 0 Å². The zero-order valence-corrected chi connectivity index (χ0v) is 22.7. The van der Waals surface area contributed by atoms with Crippen LogP contribution < -0.4 is 14.2 Å². The number of thiophene rings is 1. The van der Waals surface area contributed by atoms with Crippen LogP contribution in [0.25, 0.3) is 22.2 Å². The van der Waals surface area contributed by atoms with Crippen LogP contribution in [-0.4, -0.2) is 63.7 Å². The molecule has 2 heterocycles. The van der Waals surface area contributed by atoms with E-state index in [0.717, 1.165) is 56.2 Å². The van der Waals surface area contributed by atoms with Crippen LogP contribution in [0.2, 0.25) is 0 Å². The van der Waals surface area contributed by atoms with Crippen molar-refractivity contribution in [1.29, 1.82) is 0 Å². The zero-order chi connectivity index (χ0) is 25.1. The second-order valence-electron chi connectivity index (χ2n) is 8.48. The summed E-state index contributed by atoms with van der Waals surface area (Å²) in [5, 5.41) is 7.55. The SMILES string of the molecule is COc1cc2c(cc1OC)-c1[nH]c3ccc(OCCN(C)C)cc3c1/C2=N\OCC#Cc1cccs1.Cl. The van der Waals surface area contributed by atoms with Gasteiger partial charge in [-0.1, -0.05) is 23.1 Å². The molecule has 9 heteroatoms. The summed E-state index contributed by atoms with van der Waals surface area (Å²) in [5.74, 6) is 8.20. The predicted molar refractivity (Wildman–Crippen MR) is 151 cm³/mol. The van der Waals surface area contributed by atoms with Crippen LogP contribution in [0.1, 0.15) is 16.0 Å². The minimum absolute atomic E-state index is 0. The Kier molecular flexibility index (Phi) is 8.29. The number of likely N-dealkylation sites (N-methyl/N-ethyl adjacent to an activating group) is 1. The highest BCUT2D eigenvalue weighted by molar-refractivity contribution is 7.10. The van der Waals surface area contributed by atoms with Crippen LogP contribution in [0.5, 0.6) is 17.2 Å². The lowest BCUT2D eigenvalue weighted by molar-refractivity contribution is 0.180. The lowest BCUT2D eigenvalue weighted by Gasteiger charge is -2.12. The molecule has 0 atom stereocenters. The highest BCUT2D eigenvalue weighted by Crippen LogP contribution is 2.45. The molecule has 0 saturated carbocycles. The van der Waals surface area contributed by atoms with Crippen molar-refractivity contribution in [3.05, 3.63) is 63.8 Å². The molecule has 0 aliphatic heterocycles. The number of hydrogen-bond donors (Lipinski definition) is 1. The lowest BCUT2D eigenvalue weighted by atomic mass is 10.1. The first-order valence-electron chi connectivity index (χ1n) is 11.5. The smallest absolute Gasteiger partial charge is 0.177 e. The van der Waals surface area contributed by atoms with E-state index in [1.165, 1.54) is 0 Å². The number of nitrogens with zero attached hydrogens (tertiary/aromatic N) is 2. The second-order valence-corrected chi connectivity index (χ2v) is 9.43. The van der Waals surface area contributed by atoms with Crippen molar-refractivity contribution in [3.63, 3.8) is 0 Å². The normalized spacial score (nSPS) is 12.5. The molecule has 0 radical (unpaired) electrons. The van der Waals surface area contributed by atoms with Crippen LogP contribution >= 0.6 is 23.7 Å². The largest absolute Gasteiger partial charge is 0.493 e. The van der Waals surface area contributed by atoms with Crippen molar-refractivity contribution >= 4 is 40.4 Å². The average Bonchev–Trinajstić information content (AvgIpc) is 3.59. The van der Waals surface area contributed by atoms with Gasteiger partial charge in [0.2, 0.25) is 0 Å². The molecule has 7 nitrogen and oxygen atoms in total. The summed E-state index contributed by atoms with van der Waals surface area (Å²) in [4.78, 5) is 12.3. The molecule has 1 N–H and O–H groups in total. The molecular formula is C28H28ClN3O4S. The Morgan fingerprint density at radius 2 is 1.81 bits per heavy atom. The maximum absolute atomic E-state index is 6.00. The summed E-state index contributed by atoms with van der Waals surface area (Å²) in [6.07, 6.45) is 0. The van der Waals surface area contributed by atoms with Gasteiger partial charge in [0.1, 0.15) is 18.1 Å². The number of aromatic nitrogens is 1. The molecule has 1 aliphatic carbocycles. The minimum atomic E-state index is 0. The van der Waals surface area contributed by atoms with E-state index in [9.17, 15) is 0 Å². The predicted octanol–water partition coefficient (Wildman–Crippen LogP) is 5.41. The van der Waals surface area contributed by atoms with Crippen molar-refractivity contribution in [1.82, 2.24) is 9.88 Å². The van der Waals surface area contributed by atoms with Crippen LogP contribution in [0.15, 0.2) is 53.0 Å². The third-order valence-electron chi connectivity index (χ3n) is 5.89. The van der Waals surface area contributed by atoms with E-state index in [1.807, 2.05) is 61.9 Å². The number of fused-ring (bicyclic) bond motifs is 5. The molecule has 1 aliphatic rings. The number of aromatic amines is 1. The summed E-state index contributed by atoms with van der Waals surface area (Å²) in [6, 6.07) is 13.9. The number of ether oxygens (including phenoxy) is 3. The van der Waals surface area contributed by atoms with E-state index >= 15 is 0 Å². The number of hydrogen-bond acceptors (Lipinski definition) is 7. The van der Waals surface area contributed by atoms with Gasteiger partial charge in [0.15, 0.2) is 18.1 Å². The Bertz CT molecular complexity index is 1480. The molecular weight excluding hydrogens is 510 g/mol. The molecule has 2 aromatic heterocycles. The Morgan fingerprint density at radius 3 is 2.51 bits per heavy atom. The van der Waals surface area contributed by atoms with Gasteiger partial charge < -0.3 is 28.9 Å². The van der Waals surface area contributed by atoms with Gasteiger partial charge in [-0.25, -0.2) is 0 Å². The van der Waals surface area contributed by atoms with Gasteiger partial charge in [0.05, 0.1) is 24.8 Å². The highest BCUT2D eigenvalue weighted by Gasteiger charge is 2.32. The van der Waals surface area contributed by atoms with E-state index in [0.29, 0.717) is 18.1 Å². The molecule has 2 aromatic carbocycles. The number of methoxy groups -OCH3 is 2. The standard InChI is InChI=1S/C28H27N3O4S.ClH/c1-31(2)11-13-34-18-9-10-23-22(15-18)26-27(29-23)20-16-24(32-3)25(33-4)17-21(20)28(26)30-35-12-5-7-19-8-6-14-36-19;/h6,8-10,14-17,29H,11-13H2,1-4H3;1H/b30-28-;. The summed E-state index contributed by atoms with van der Waals surface area (Å²) in [7, 11) is 7.31. The molecule has 0 fully saturated rings. The molecule has 0 bridgehead atoms. The van der Waals surface area contributed by atoms with Crippen LogP contribution in [0, 0.1) is 11.8 Å². The Morgan fingerprint density at radius 1 is 1.03 bits per heavy atom. The molecule has 0 unspecified atom stereocenters. The van der Waals surface area contributed by atoms with Crippen molar-refractivity contribution in [2.45, 2.75) is 0 Å². The minimum Gasteiger partial charge on any atom is -0.493 e. The lowest BCUT2D eigenvalue weighted by Crippen LogP contribution is -2.19. The molecule has 0 saturated heterocycles. The molecule has 192 valence electrons. The first-order valence-corrected chi connectivity index (χ1v) is 12.4. The second kappa shape index (κ2) is 11.6.